The van der Waals surface area contributed by atoms with Crippen LogP contribution in [0.2, 0.25) is 0 Å². The monoisotopic (exact) mass is 305 g/mol. The van der Waals surface area contributed by atoms with E-state index in [4.69, 9.17) is 15.2 Å². The second-order valence-corrected chi connectivity index (χ2v) is 4.56. The molecule has 0 aliphatic carbocycles. The third kappa shape index (κ3) is 8.24. The lowest BCUT2D eigenvalue weighted by atomic mass is 10.1. The Morgan fingerprint density at radius 2 is 1.68 bits per heavy atom. The molecular formula is C14H24ClNO2S. The summed E-state index contributed by atoms with van der Waals surface area (Å²) in [7, 11) is 0. The first-order chi connectivity index (χ1) is 8.76. The summed E-state index contributed by atoms with van der Waals surface area (Å²) in [6, 6.07) is 7.93. The van der Waals surface area contributed by atoms with Crippen molar-refractivity contribution in [3.63, 3.8) is 0 Å². The minimum absolute atomic E-state index is 0. The Bertz CT molecular complexity index is 322. The van der Waals surface area contributed by atoms with Crippen LogP contribution in [-0.4, -0.2) is 25.0 Å². The molecule has 2 N–H and O–H groups in total. The zero-order chi connectivity index (χ0) is 13.2. The van der Waals surface area contributed by atoms with E-state index in [1.54, 1.807) is 0 Å². The normalized spacial score (nSPS) is 11.5. The van der Waals surface area contributed by atoms with Gasteiger partial charge in [-0.15, -0.1) is 12.4 Å². The molecule has 0 fully saturated rings. The number of ether oxygens (including phenoxy) is 2. The SMILES string of the molecule is CCOc1ccc(OCCCC[C@@H](N)CS)cc1.Cl. The van der Waals surface area contributed by atoms with Crippen LogP contribution in [0.5, 0.6) is 11.5 Å². The number of hydrogen-bond donors (Lipinski definition) is 2. The van der Waals surface area contributed by atoms with Crippen molar-refractivity contribution in [2.24, 2.45) is 5.73 Å². The second kappa shape index (κ2) is 11.3. The number of nitrogens with two attached hydrogens (primary N) is 1. The van der Waals surface area contributed by atoms with Gasteiger partial charge >= 0.3 is 0 Å². The highest BCUT2D eigenvalue weighted by atomic mass is 35.5. The van der Waals surface area contributed by atoms with Gasteiger partial charge in [-0.1, -0.05) is 0 Å². The van der Waals surface area contributed by atoms with Crippen LogP contribution in [0, 0.1) is 0 Å². The molecule has 0 bridgehead atoms. The molecule has 0 aliphatic rings. The van der Waals surface area contributed by atoms with E-state index in [0.717, 1.165) is 43.1 Å². The van der Waals surface area contributed by atoms with Crippen LogP contribution in [0.25, 0.3) is 0 Å². The number of benzene rings is 1. The molecule has 0 amide bonds. The lowest BCUT2D eigenvalue weighted by Gasteiger charge is -2.09. The summed E-state index contributed by atoms with van der Waals surface area (Å²) in [4.78, 5) is 0. The van der Waals surface area contributed by atoms with Crippen LogP contribution < -0.4 is 15.2 Å². The molecule has 0 spiro atoms. The molecule has 0 aliphatic heterocycles. The molecular weight excluding hydrogens is 282 g/mol. The van der Waals surface area contributed by atoms with Crippen molar-refractivity contribution in [1.82, 2.24) is 0 Å². The van der Waals surface area contributed by atoms with Crippen molar-refractivity contribution in [3.8, 4) is 11.5 Å². The van der Waals surface area contributed by atoms with E-state index in [9.17, 15) is 0 Å². The molecule has 110 valence electrons. The van der Waals surface area contributed by atoms with Crippen LogP contribution >= 0.6 is 25.0 Å². The topological polar surface area (TPSA) is 44.5 Å². The number of hydrogen-bond acceptors (Lipinski definition) is 4. The van der Waals surface area contributed by atoms with Gasteiger partial charge in [0.15, 0.2) is 0 Å². The Kier molecular flexibility index (Phi) is 10.9. The van der Waals surface area contributed by atoms with E-state index in [-0.39, 0.29) is 18.4 Å². The molecule has 1 aromatic rings. The number of unbranched alkanes of at least 4 members (excludes halogenated alkanes) is 1. The first kappa shape index (κ1) is 18.4. The Balaban J connectivity index is 0.00000324. The molecule has 19 heavy (non-hydrogen) atoms. The van der Waals surface area contributed by atoms with E-state index >= 15 is 0 Å². The predicted octanol–water partition coefficient (Wildman–Crippen LogP) is 3.31. The maximum atomic E-state index is 5.78. The molecule has 1 atom stereocenters. The van der Waals surface area contributed by atoms with E-state index < -0.39 is 0 Å². The summed E-state index contributed by atoms with van der Waals surface area (Å²) in [5, 5.41) is 0. The smallest absolute Gasteiger partial charge is 0.119 e. The van der Waals surface area contributed by atoms with Crippen LogP contribution in [0.4, 0.5) is 0 Å². The lowest BCUT2D eigenvalue weighted by molar-refractivity contribution is 0.302. The Morgan fingerprint density at radius 3 is 2.21 bits per heavy atom. The van der Waals surface area contributed by atoms with Gasteiger partial charge in [-0.3, -0.25) is 0 Å². The first-order valence-corrected chi connectivity index (χ1v) is 7.11. The van der Waals surface area contributed by atoms with Gasteiger partial charge in [0.2, 0.25) is 0 Å². The van der Waals surface area contributed by atoms with Crippen LogP contribution in [0.3, 0.4) is 0 Å². The van der Waals surface area contributed by atoms with Crippen LogP contribution in [0.15, 0.2) is 24.3 Å². The second-order valence-electron chi connectivity index (χ2n) is 4.19. The molecule has 0 saturated heterocycles. The van der Waals surface area contributed by atoms with E-state index in [1.165, 1.54) is 0 Å². The van der Waals surface area contributed by atoms with E-state index in [1.807, 2.05) is 31.2 Å². The summed E-state index contributed by atoms with van der Waals surface area (Å²) in [5.74, 6) is 2.52. The van der Waals surface area contributed by atoms with Crippen LogP contribution in [0.1, 0.15) is 26.2 Å². The lowest BCUT2D eigenvalue weighted by Crippen LogP contribution is -2.21. The van der Waals surface area contributed by atoms with Gasteiger partial charge in [0, 0.05) is 11.8 Å². The molecule has 5 heteroatoms. The fourth-order valence-corrected chi connectivity index (χ4v) is 1.77. The molecule has 0 unspecified atom stereocenters. The quantitative estimate of drug-likeness (QED) is 0.543. The minimum Gasteiger partial charge on any atom is -0.494 e. The summed E-state index contributed by atoms with van der Waals surface area (Å²) < 4.78 is 11.0. The minimum atomic E-state index is 0. The van der Waals surface area contributed by atoms with Gasteiger partial charge in [0.05, 0.1) is 13.2 Å². The third-order valence-corrected chi connectivity index (χ3v) is 3.08. The summed E-state index contributed by atoms with van der Waals surface area (Å²) in [6.07, 6.45) is 3.11. The summed E-state index contributed by atoms with van der Waals surface area (Å²) in [5.41, 5.74) is 5.78. The van der Waals surface area contributed by atoms with Gasteiger partial charge in [-0.2, -0.15) is 12.6 Å². The fraction of sp³-hybridized carbons (Fsp3) is 0.571. The zero-order valence-corrected chi connectivity index (χ0v) is 13.1. The Morgan fingerprint density at radius 1 is 1.11 bits per heavy atom. The number of halogens is 1. The fourth-order valence-electron chi connectivity index (χ4n) is 1.59. The zero-order valence-electron chi connectivity index (χ0n) is 11.4. The van der Waals surface area contributed by atoms with Crippen molar-refractivity contribution < 1.29 is 9.47 Å². The standard InChI is InChI=1S/C14H23NO2S.ClH/c1-2-16-13-6-8-14(9-7-13)17-10-4-3-5-12(15)11-18;/h6-9,12,18H,2-5,10-11,15H2,1H3;1H/t12-;/m1./s1. The molecule has 0 heterocycles. The van der Waals surface area contributed by atoms with Gasteiger partial charge in [0.1, 0.15) is 11.5 Å². The van der Waals surface area contributed by atoms with Gasteiger partial charge in [-0.25, -0.2) is 0 Å². The van der Waals surface area contributed by atoms with Crippen molar-refractivity contribution in [3.05, 3.63) is 24.3 Å². The van der Waals surface area contributed by atoms with Crippen LogP contribution in [-0.2, 0) is 0 Å². The highest BCUT2D eigenvalue weighted by Gasteiger charge is 1.99. The van der Waals surface area contributed by atoms with Crippen molar-refractivity contribution in [2.45, 2.75) is 32.2 Å². The number of thiol groups is 1. The average Bonchev–Trinajstić information content (AvgIpc) is 2.40. The first-order valence-electron chi connectivity index (χ1n) is 6.48. The molecule has 1 rings (SSSR count). The molecule has 3 nitrogen and oxygen atoms in total. The molecule has 0 radical (unpaired) electrons. The number of rotatable bonds is 9. The maximum Gasteiger partial charge on any atom is 0.119 e. The molecule has 0 saturated carbocycles. The van der Waals surface area contributed by atoms with E-state index in [0.29, 0.717) is 6.61 Å². The average molecular weight is 306 g/mol. The largest absolute Gasteiger partial charge is 0.494 e. The maximum absolute atomic E-state index is 5.78. The van der Waals surface area contributed by atoms with E-state index in [2.05, 4.69) is 12.6 Å². The molecule has 0 aromatic heterocycles. The highest BCUT2D eigenvalue weighted by Crippen LogP contribution is 2.17. The van der Waals surface area contributed by atoms with Crippen molar-refractivity contribution >= 4 is 25.0 Å². The van der Waals surface area contributed by atoms with Gasteiger partial charge in [0.25, 0.3) is 0 Å². The van der Waals surface area contributed by atoms with Gasteiger partial charge in [-0.05, 0) is 50.5 Å². The van der Waals surface area contributed by atoms with Crippen molar-refractivity contribution in [2.75, 3.05) is 19.0 Å². The summed E-state index contributed by atoms with van der Waals surface area (Å²) in [6.45, 7) is 3.39. The molecule has 1 aromatic carbocycles. The predicted molar refractivity (Wildman–Crippen MR) is 86.0 cm³/mol. The Hall–Kier alpha value is -0.580. The summed E-state index contributed by atoms with van der Waals surface area (Å²) >= 11 is 4.16. The van der Waals surface area contributed by atoms with Gasteiger partial charge < -0.3 is 15.2 Å². The highest BCUT2D eigenvalue weighted by molar-refractivity contribution is 7.80. The van der Waals surface area contributed by atoms with Crippen molar-refractivity contribution in [1.29, 1.82) is 0 Å². The third-order valence-electron chi connectivity index (χ3n) is 2.61. The Labute approximate surface area is 127 Å².